The number of methoxy groups -OCH3 is 1. The quantitative estimate of drug-likeness (QED) is 0.417. The van der Waals surface area contributed by atoms with Gasteiger partial charge in [-0.3, -0.25) is 14.5 Å². The van der Waals surface area contributed by atoms with Crippen LogP contribution in [0.5, 0.6) is 5.75 Å². The Balaban J connectivity index is 1.50. The van der Waals surface area contributed by atoms with E-state index in [-0.39, 0.29) is 11.8 Å². The summed E-state index contributed by atoms with van der Waals surface area (Å²) in [6.45, 7) is 4.27. The second-order valence-corrected chi connectivity index (χ2v) is 7.97. The molecule has 0 aliphatic carbocycles. The van der Waals surface area contributed by atoms with E-state index >= 15 is 0 Å². The number of nitrogens with zero attached hydrogens (tertiary/aromatic N) is 1. The van der Waals surface area contributed by atoms with Crippen LogP contribution in [0.25, 0.3) is 0 Å². The summed E-state index contributed by atoms with van der Waals surface area (Å²) in [5.41, 5.74) is 2.84. The number of hydrogen-bond donors (Lipinski definition) is 2. The van der Waals surface area contributed by atoms with E-state index in [4.69, 9.17) is 16.3 Å². The van der Waals surface area contributed by atoms with Crippen LogP contribution < -0.4 is 15.4 Å². The Hall–Kier alpha value is -3.35. The number of anilines is 2. The molecule has 0 spiro atoms. The molecule has 0 atom stereocenters. The molecule has 0 unspecified atom stereocenters. The number of carbonyl (C=O) groups is 2. The first-order valence-corrected chi connectivity index (χ1v) is 11.2. The van der Waals surface area contributed by atoms with Crippen LogP contribution in [0.1, 0.15) is 29.3 Å². The van der Waals surface area contributed by atoms with E-state index in [1.54, 1.807) is 43.5 Å². The lowest BCUT2D eigenvalue weighted by Crippen LogP contribution is -2.27. The molecule has 3 aromatic carbocycles. The highest BCUT2D eigenvalue weighted by Gasteiger charge is 2.11. The van der Waals surface area contributed by atoms with E-state index in [0.717, 1.165) is 18.7 Å². The Bertz CT molecular complexity index is 1090. The van der Waals surface area contributed by atoms with Crippen LogP contribution in [0, 0.1) is 0 Å². The average molecular weight is 466 g/mol. The third-order valence-electron chi connectivity index (χ3n) is 5.18. The minimum absolute atomic E-state index is 0.0780. The lowest BCUT2D eigenvalue weighted by atomic mass is 10.1. The molecular weight excluding hydrogens is 438 g/mol. The first-order valence-electron chi connectivity index (χ1n) is 10.8. The first-order chi connectivity index (χ1) is 16.0. The van der Waals surface area contributed by atoms with Crippen molar-refractivity contribution in [2.45, 2.75) is 19.9 Å². The third-order valence-corrected chi connectivity index (χ3v) is 5.42. The molecule has 0 aromatic heterocycles. The minimum Gasteiger partial charge on any atom is -0.495 e. The summed E-state index contributed by atoms with van der Waals surface area (Å²) in [4.78, 5) is 27.1. The molecule has 3 rings (SSSR count). The van der Waals surface area contributed by atoms with Gasteiger partial charge in [-0.15, -0.1) is 0 Å². The van der Waals surface area contributed by atoms with Crippen molar-refractivity contribution in [3.63, 3.8) is 0 Å². The van der Waals surface area contributed by atoms with Crippen LogP contribution in [0.2, 0.25) is 5.02 Å². The highest BCUT2D eigenvalue weighted by atomic mass is 35.5. The maximum atomic E-state index is 12.5. The standard InChI is InChI=1S/C26H28ClN3O3/c1-3-30(18-19-7-6-8-21(27)17-19)16-15-25(31)28-22-13-11-20(12-14-22)26(32)29-23-9-4-5-10-24(23)33-2/h4-14,17H,3,15-16,18H2,1-2H3,(H,28,31)(H,29,32). The predicted octanol–water partition coefficient (Wildman–Crippen LogP) is 5.45. The van der Waals surface area contributed by atoms with Crippen molar-refractivity contribution in [1.82, 2.24) is 4.90 Å². The van der Waals surface area contributed by atoms with E-state index in [1.807, 2.05) is 36.4 Å². The molecule has 0 aliphatic heterocycles. The Kier molecular flexibility index (Phi) is 8.87. The molecule has 0 radical (unpaired) electrons. The van der Waals surface area contributed by atoms with E-state index in [2.05, 4.69) is 22.5 Å². The molecule has 0 bridgehead atoms. The first kappa shape index (κ1) is 24.3. The number of amides is 2. The van der Waals surface area contributed by atoms with Gasteiger partial charge in [0.25, 0.3) is 5.91 Å². The number of rotatable bonds is 10. The molecule has 7 heteroatoms. The molecule has 2 amide bonds. The third kappa shape index (κ3) is 7.34. The van der Waals surface area contributed by atoms with Crippen LogP contribution >= 0.6 is 11.6 Å². The van der Waals surface area contributed by atoms with E-state index in [9.17, 15) is 9.59 Å². The van der Waals surface area contributed by atoms with Crippen molar-refractivity contribution in [2.24, 2.45) is 0 Å². The Morgan fingerprint density at radius 1 is 0.970 bits per heavy atom. The van der Waals surface area contributed by atoms with Gasteiger partial charge in [-0.25, -0.2) is 0 Å². The zero-order valence-corrected chi connectivity index (χ0v) is 19.6. The van der Waals surface area contributed by atoms with Gasteiger partial charge in [0.05, 0.1) is 12.8 Å². The van der Waals surface area contributed by atoms with Crippen LogP contribution in [-0.4, -0.2) is 36.9 Å². The topological polar surface area (TPSA) is 70.7 Å². The monoisotopic (exact) mass is 465 g/mol. The SMILES string of the molecule is CCN(CCC(=O)Nc1ccc(C(=O)Nc2ccccc2OC)cc1)Cc1cccc(Cl)c1. The molecule has 33 heavy (non-hydrogen) atoms. The Labute approximate surface area is 199 Å². The maximum absolute atomic E-state index is 12.5. The molecule has 3 aromatic rings. The van der Waals surface area contributed by atoms with Gasteiger partial charge in [-0.1, -0.05) is 42.8 Å². The molecule has 172 valence electrons. The number of halogens is 1. The van der Waals surface area contributed by atoms with Gasteiger partial charge in [-0.05, 0) is 60.6 Å². The molecular formula is C26H28ClN3O3. The Morgan fingerprint density at radius 2 is 1.73 bits per heavy atom. The van der Waals surface area contributed by atoms with Gasteiger partial charge in [0.15, 0.2) is 0 Å². The molecule has 0 saturated heterocycles. The fourth-order valence-corrected chi connectivity index (χ4v) is 3.59. The minimum atomic E-state index is -0.253. The number of ether oxygens (including phenoxy) is 1. The van der Waals surface area contributed by atoms with Gasteiger partial charge < -0.3 is 15.4 Å². The highest BCUT2D eigenvalue weighted by molar-refractivity contribution is 6.30. The lowest BCUT2D eigenvalue weighted by Gasteiger charge is -2.20. The molecule has 0 aliphatic rings. The van der Waals surface area contributed by atoms with E-state index in [0.29, 0.717) is 40.7 Å². The zero-order valence-electron chi connectivity index (χ0n) is 18.8. The van der Waals surface area contributed by atoms with Gasteiger partial charge in [0.1, 0.15) is 5.75 Å². The second-order valence-electron chi connectivity index (χ2n) is 7.53. The van der Waals surface area contributed by atoms with Gasteiger partial charge in [0, 0.05) is 35.8 Å². The second kappa shape index (κ2) is 12.0. The summed E-state index contributed by atoms with van der Waals surface area (Å²) in [7, 11) is 1.56. The maximum Gasteiger partial charge on any atom is 0.255 e. The largest absolute Gasteiger partial charge is 0.495 e. The van der Waals surface area contributed by atoms with Crippen molar-refractivity contribution >= 4 is 34.8 Å². The smallest absolute Gasteiger partial charge is 0.255 e. The van der Waals surface area contributed by atoms with Crippen molar-refractivity contribution in [1.29, 1.82) is 0 Å². The highest BCUT2D eigenvalue weighted by Crippen LogP contribution is 2.24. The predicted molar refractivity (Wildman–Crippen MR) is 133 cm³/mol. The number of para-hydroxylation sites is 2. The van der Waals surface area contributed by atoms with Crippen molar-refractivity contribution in [3.8, 4) is 5.75 Å². The summed E-state index contributed by atoms with van der Waals surface area (Å²) in [5.74, 6) is 0.258. The van der Waals surface area contributed by atoms with Crippen molar-refractivity contribution in [2.75, 3.05) is 30.8 Å². The van der Waals surface area contributed by atoms with Crippen LogP contribution in [0.4, 0.5) is 11.4 Å². The van der Waals surface area contributed by atoms with E-state index in [1.165, 1.54) is 0 Å². The van der Waals surface area contributed by atoms with Gasteiger partial charge in [-0.2, -0.15) is 0 Å². The lowest BCUT2D eigenvalue weighted by molar-refractivity contribution is -0.116. The Morgan fingerprint density at radius 3 is 2.42 bits per heavy atom. The van der Waals surface area contributed by atoms with Crippen LogP contribution in [-0.2, 0) is 11.3 Å². The summed E-state index contributed by atoms with van der Waals surface area (Å²) in [5, 5.41) is 6.44. The summed E-state index contributed by atoms with van der Waals surface area (Å²) < 4.78 is 5.26. The molecule has 0 saturated carbocycles. The molecule has 2 N–H and O–H groups in total. The molecule has 6 nitrogen and oxygen atoms in total. The van der Waals surface area contributed by atoms with Crippen molar-refractivity contribution < 1.29 is 14.3 Å². The summed E-state index contributed by atoms with van der Waals surface area (Å²) in [6, 6.07) is 21.8. The van der Waals surface area contributed by atoms with Crippen LogP contribution in [0.3, 0.4) is 0 Å². The average Bonchev–Trinajstić information content (AvgIpc) is 2.82. The number of hydrogen-bond acceptors (Lipinski definition) is 4. The normalized spacial score (nSPS) is 10.7. The zero-order chi connectivity index (χ0) is 23.6. The fourth-order valence-electron chi connectivity index (χ4n) is 3.37. The molecule has 0 fully saturated rings. The number of carbonyl (C=O) groups excluding carboxylic acids is 2. The number of benzene rings is 3. The summed E-state index contributed by atoms with van der Waals surface area (Å²) >= 11 is 6.06. The van der Waals surface area contributed by atoms with Crippen molar-refractivity contribution in [3.05, 3.63) is 88.9 Å². The molecule has 0 heterocycles. The van der Waals surface area contributed by atoms with Crippen LogP contribution in [0.15, 0.2) is 72.8 Å². The number of nitrogens with one attached hydrogen (secondary N) is 2. The summed E-state index contributed by atoms with van der Waals surface area (Å²) in [6.07, 6.45) is 0.366. The van der Waals surface area contributed by atoms with E-state index < -0.39 is 0 Å². The van der Waals surface area contributed by atoms with Gasteiger partial charge >= 0.3 is 0 Å². The fraction of sp³-hybridized carbons (Fsp3) is 0.231. The van der Waals surface area contributed by atoms with Gasteiger partial charge in [0.2, 0.25) is 5.91 Å².